The number of halogens is 2. The summed E-state index contributed by atoms with van der Waals surface area (Å²) >= 11 is 0. The van der Waals surface area contributed by atoms with Crippen LogP contribution in [0.5, 0.6) is 11.5 Å². The Balaban J connectivity index is 1.48. The number of nitrogen functional groups attached to an aromatic ring is 1. The molecule has 1 aliphatic heterocycles. The minimum absolute atomic E-state index is 0.0531. The van der Waals surface area contributed by atoms with E-state index in [1.54, 1.807) is 13.0 Å². The largest absolute Gasteiger partial charge is 0.454 e. The molecule has 5 rings (SSSR count). The van der Waals surface area contributed by atoms with Gasteiger partial charge in [-0.05, 0) is 62.2 Å². The maximum absolute atomic E-state index is 14.9. The third kappa shape index (κ3) is 5.34. The summed E-state index contributed by atoms with van der Waals surface area (Å²) < 4.78 is 41.6. The molecule has 3 heterocycles. The summed E-state index contributed by atoms with van der Waals surface area (Å²) in [6.45, 7) is 2.50. The molecule has 3 N–H and O–H groups in total. The number of carbonyl (C=O) groups is 1. The molecule has 1 fully saturated rings. The van der Waals surface area contributed by atoms with Crippen molar-refractivity contribution in [1.29, 1.82) is 0 Å². The zero-order valence-electron chi connectivity index (χ0n) is 21.4. The third-order valence-corrected chi connectivity index (χ3v) is 6.63. The molecule has 2 aromatic carbocycles. The van der Waals surface area contributed by atoms with Crippen LogP contribution in [-0.2, 0) is 4.74 Å². The van der Waals surface area contributed by atoms with Gasteiger partial charge >= 0.3 is 5.69 Å². The quantitative estimate of drug-likeness (QED) is 0.372. The molecule has 1 saturated heterocycles. The van der Waals surface area contributed by atoms with Gasteiger partial charge in [0.15, 0.2) is 11.6 Å². The van der Waals surface area contributed by atoms with E-state index in [1.165, 1.54) is 41.2 Å². The fourth-order valence-corrected chi connectivity index (χ4v) is 4.39. The molecule has 0 radical (unpaired) electrons. The number of nitrogens with zero attached hydrogens (tertiary/aromatic N) is 3. The molecule has 1 aliphatic rings. The standard InChI is InChI=1S/C28H25F2N5O5/c1-16-23(8-11-32-25(16)31)40-24-7-4-18(14-22(24)30)33-26(36)21-15-34(19-9-12-39-13-10-19)28(38)35(27(21)37)20-5-2-17(29)3-6-20/h2-8,11,14-15,19H,9-10,12-13H2,1H3,(H2,31,32)(H,33,36). The van der Waals surface area contributed by atoms with Crippen molar-refractivity contribution in [2.45, 2.75) is 25.8 Å². The van der Waals surface area contributed by atoms with Crippen LogP contribution in [-0.4, -0.2) is 33.2 Å². The number of hydrogen-bond acceptors (Lipinski definition) is 7. The van der Waals surface area contributed by atoms with Crippen LogP contribution in [0.3, 0.4) is 0 Å². The summed E-state index contributed by atoms with van der Waals surface area (Å²) in [4.78, 5) is 44.0. The average Bonchev–Trinajstić information content (AvgIpc) is 2.94. The Morgan fingerprint density at radius 2 is 1.80 bits per heavy atom. The summed E-state index contributed by atoms with van der Waals surface area (Å²) in [7, 11) is 0. The normalized spacial score (nSPS) is 13.7. The predicted octanol–water partition coefficient (Wildman–Crippen LogP) is 3.96. The lowest BCUT2D eigenvalue weighted by Crippen LogP contribution is -2.44. The van der Waals surface area contributed by atoms with E-state index in [0.29, 0.717) is 37.4 Å². The van der Waals surface area contributed by atoms with Gasteiger partial charge in [0.1, 0.15) is 22.9 Å². The second-order valence-electron chi connectivity index (χ2n) is 9.21. The van der Waals surface area contributed by atoms with Crippen LogP contribution in [0.4, 0.5) is 20.3 Å². The highest BCUT2D eigenvalue weighted by molar-refractivity contribution is 6.03. The Bertz CT molecular complexity index is 1700. The highest BCUT2D eigenvalue weighted by atomic mass is 19.1. The number of anilines is 2. The maximum atomic E-state index is 14.9. The second kappa shape index (κ2) is 11.1. The number of hydrogen-bond donors (Lipinski definition) is 2. The van der Waals surface area contributed by atoms with Gasteiger partial charge in [0.25, 0.3) is 11.5 Å². The molecule has 12 heteroatoms. The number of nitrogens with one attached hydrogen (secondary N) is 1. The van der Waals surface area contributed by atoms with E-state index in [0.717, 1.165) is 22.8 Å². The van der Waals surface area contributed by atoms with Crippen molar-refractivity contribution in [3.63, 3.8) is 0 Å². The molecular formula is C28H25F2N5O5. The van der Waals surface area contributed by atoms with Gasteiger partial charge < -0.3 is 20.5 Å². The average molecular weight is 550 g/mol. The minimum Gasteiger partial charge on any atom is -0.454 e. The molecule has 0 spiro atoms. The monoisotopic (exact) mass is 549 g/mol. The molecular weight excluding hydrogens is 524 g/mol. The Labute approximate surface area is 226 Å². The topological polar surface area (TPSA) is 130 Å². The number of benzene rings is 2. The lowest BCUT2D eigenvalue weighted by atomic mass is 10.1. The van der Waals surface area contributed by atoms with E-state index in [9.17, 15) is 23.2 Å². The first-order valence-electron chi connectivity index (χ1n) is 12.4. The maximum Gasteiger partial charge on any atom is 0.335 e. The summed E-state index contributed by atoms with van der Waals surface area (Å²) in [5.41, 5.74) is 4.56. The fourth-order valence-electron chi connectivity index (χ4n) is 4.39. The van der Waals surface area contributed by atoms with Gasteiger partial charge in [-0.1, -0.05) is 0 Å². The first-order chi connectivity index (χ1) is 19.2. The predicted molar refractivity (Wildman–Crippen MR) is 143 cm³/mol. The molecule has 0 atom stereocenters. The van der Waals surface area contributed by atoms with Crippen molar-refractivity contribution in [1.82, 2.24) is 14.1 Å². The van der Waals surface area contributed by atoms with Crippen LogP contribution in [0, 0.1) is 18.6 Å². The molecule has 206 valence electrons. The molecule has 0 bridgehead atoms. The van der Waals surface area contributed by atoms with Crippen molar-refractivity contribution in [3.05, 3.63) is 105 Å². The molecule has 40 heavy (non-hydrogen) atoms. The fraction of sp³-hybridized carbons (Fsp3) is 0.214. The lowest BCUT2D eigenvalue weighted by Gasteiger charge is -2.25. The summed E-state index contributed by atoms with van der Waals surface area (Å²) in [5.74, 6) is -1.73. The SMILES string of the molecule is Cc1c(Oc2ccc(NC(=O)c3cn(C4CCOCC4)c(=O)n(-c4ccc(F)cc4)c3=O)cc2F)ccnc1N. The Hall–Kier alpha value is -4.84. The van der Waals surface area contributed by atoms with Crippen LogP contribution in [0.1, 0.15) is 34.8 Å². The number of ether oxygens (including phenoxy) is 2. The van der Waals surface area contributed by atoms with Crippen LogP contribution in [0.15, 0.2) is 70.5 Å². The molecule has 4 aromatic rings. The highest BCUT2D eigenvalue weighted by Gasteiger charge is 2.24. The van der Waals surface area contributed by atoms with Crippen LogP contribution >= 0.6 is 0 Å². The minimum atomic E-state index is -0.899. The van der Waals surface area contributed by atoms with Gasteiger partial charge in [-0.25, -0.2) is 23.1 Å². The van der Waals surface area contributed by atoms with Crippen molar-refractivity contribution < 1.29 is 23.0 Å². The van der Waals surface area contributed by atoms with E-state index in [1.807, 2.05) is 0 Å². The number of pyridine rings is 1. The lowest BCUT2D eigenvalue weighted by molar-refractivity contribution is 0.0679. The third-order valence-electron chi connectivity index (χ3n) is 6.63. The number of aromatic nitrogens is 3. The number of amides is 1. The molecule has 0 unspecified atom stereocenters. The van der Waals surface area contributed by atoms with Gasteiger partial charge in [0.05, 0.1) is 5.69 Å². The van der Waals surface area contributed by atoms with Gasteiger partial charge in [-0.2, -0.15) is 0 Å². The van der Waals surface area contributed by atoms with Gasteiger partial charge in [-0.3, -0.25) is 14.2 Å². The molecule has 10 nitrogen and oxygen atoms in total. The first-order valence-corrected chi connectivity index (χ1v) is 12.4. The Kier molecular flexibility index (Phi) is 7.43. The van der Waals surface area contributed by atoms with Gasteiger partial charge in [0, 0.05) is 49.0 Å². The molecule has 1 amide bonds. The smallest absolute Gasteiger partial charge is 0.335 e. The van der Waals surface area contributed by atoms with E-state index < -0.39 is 28.8 Å². The molecule has 0 saturated carbocycles. The van der Waals surface area contributed by atoms with Crippen molar-refractivity contribution in [3.8, 4) is 17.2 Å². The number of carbonyl (C=O) groups excluding carboxylic acids is 1. The van der Waals surface area contributed by atoms with Crippen LogP contribution < -0.4 is 27.0 Å². The first kappa shape index (κ1) is 26.8. The highest BCUT2D eigenvalue weighted by Crippen LogP contribution is 2.30. The van der Waals surface area contributed by atoms with Gasteiger partial charge in [0.2, 0.25) is 0 Å². The van der Waals surface area contributed by atoms with Gasteiger partial charge in [-0.15, -0.1) is 0 Å². The Morgan fingerprint density at radius 1 is 1.07 bits per heavy atom. The summed E-state index contributed by atoms with van der Waals surface area (Å²) in [6.07, 6.45) is 3.64. The van der Waals surface area contributed by atoms with Crippen LogP contribution in [0.25, 0.3) is 5.69 Å². The van der Waals surface area contributed by atoms with E-state index in [4.69, 9.17) is 15.2 Å². The number of nitrogens with two attached hydrogens (primary N) is 1. The Morgan fingerprint density at radius 3 is 2.50 bits per heavy atom. The van der Waals surface area contributed by atoms with E-state index >= 15 is 0 Å². The van der Waals surface area contributed by atoms with Crippen LogP contribution in [0.2, 0.25) is 0 Å². The molecule has 0 aliphatic carbocycles. The van der Waals surface area contributed by atoms with E-state index in [-0.39, 0.29) is 34.5 Å². The summed E-state index contributed by atoms with van der Waals surface area (Å²) in [5, 5.41) is 2.51. The van der Waals surface area contributed by atoms with Crippen molar-refractivity contribution in [2.24, 2.45) is 0 Å². The number of rotatable bonds is 6. The van der Waals surface area contributed by atoms with E-state index in [2.05, 4.69) is 10.3 Å². The van der Waals surface area contributed by atoms with Crippen molar-refractivity contribution in [2.75, 3.05) is 24.3 Å². The molecule has 2 aromatic heterocycles. The second-order valence-corrected chi connectivity index (χ2v) is 9.21. The zero-order chi connectivity index (χ0) is 28.4. The summed E-state index contributed by atoms with van der Waals surface area (Å²) in [6, 6.07) is 9.77. The van der Waals surface area contributed by atoms with Crippen molar-refractivity contribution >= 4 is 17.4 Å². The zero-order valence-corrected chi connectivity index (χ0v) is 21.4.